The Morgan fingerprint density at radius 2 is 1.94 bits per heavy atom. The van der Waals surface area contributed by atoms with E-state index in [0.29, 0.717) is 5.92 Å². The lowest BCUT2D eigenvalue weighted by atomic mass is 10.1. The largest absolute Gasteiger partial charge is 0.257 e. The monoisotopic (exact) mass is 217 g/mol. The van der Waals surface area contributed by atoms with Gasteiger partial charge in [0.05, 0.1) is 5.69 Å². The first-order chi connectivity index (χ1) is 7.74. The standard InChI is InChI=1S/C13H17N.C2H6/c1-4-6-11(2)8-9-13-12(3)7-5-10-14-13;1-2/h4-11H,1-3H3;1-2H3/b6-4-,9-8-;. The summed E-state index contributed by atoms with van der Waals surface area (Å²) < 4.78 is 0. The van der Waals surface area contributed by atoms with E-state index in [2.05, 4.69) is 49.2 Å². The second kappa shape index (κ2) is 8.90. The number of allylic oxidation sites excluding steroid dienone is 3. The number of pyridine rings is 1. The summed E-state index contributed by atoms with van der Waals surface area (Å²) in [5.41, 5.74) is 2.28. The summed E-state index contributed by atoms with van der Waals surface area (Å²) >= 11 is 0. The molecule has 0 spiro atoms. The van der Waals surface area contributed by atoms with Gasteiger partial charge < -0.3 is 0 Å². The highest BCUT2D eigenvalue weighted by atomic mass is 14.7. The van der Waals surface area contributed by atoms with E-state index in [1.54, 1.807) is 0 Å². The molecule has 16 heavy (non-hydrogen) atoms. The molecule has 1 rings (SSSR count). The summed E-state index contributed by atoms with van der Waals surface area (Å²) in [6.45, 7) is 10.3. The van der Waals surface area contributed by atoms with E-state index in [9.17, 15) is 0 Å². The number of aromatic nitrogens is 1. The van der Waals surface area contributed by atoms with Crippen LogP contribution in [-0.2, 0) is 0 Å². The first-order valence-corrected chi connectivity index (χ1v) is 5.96. The third-order valence-electron chi connectivity index (χ3n) is 2.10. The van der Waals surface area contributed by atoms with Crippen molar-refractivity contribution in [2.24, 2.45) is 5.92 Å². The molecule has 1 aromatic rings. The zero-order chi connectivity index (χ0) is 12.4. The molecule has 1 heteroatoms. The number of aryl methyl sites for hydroxylation is 1. The van der Waals surface area contributed by atoms with Crippen molar-refractivity contribution in [1.82, 2.24) is 4.98 Å². The molecule has 0 fully saturated rings. The number of nitrogens with zero attached hydrogens (tertiary/aromatic N) is 1. The molecule has 0 radical (unpaired) electrons. The smallest absolute Gasteiger partial charge is 0.0655 e. The Bertz CT molecular complexity index is 337. The lowest BCUT2D eigenvalue weighted by molar-refractivity contribution is 0.942. The molecule has 1 atom stereocenters. The predicted molar refractivity (Wildman–Crippen MR) is 73.3 cm³/mol. The lowest BCUT2D eigenvalue weighted by Crippen LogP contribution is -1.86. The van der Waals surface area contributed by atoms with Crippen molar-refractivity contribution >= 4 is 6.08 Å². The van der Waals surface area contributed by atoms with Gasteiger partial charge in [-0.3, -0.25) is 4.98 Å². The summed E-state index contributed by atoms with van der Waals surface area (Å²) in [6, 6.07) is 4.04. The molecule has 0 aliphatic carbocycles. The van der Waals surface area contributed by atoms with E-state index in [1.165, 1.54) is 5.56 Å². The van der Waals surface area contributed by atoms with Crippen LogP contribution in [0.2, 0.25) is 0 Å². The predicted octanol–water partition coefficient (Wildman–Crippen LogP) is 4.64. The van der Waals surface area contributed by atoms with Crippen molar-refractivity contribution in [3.63, 3.8) is 0 Å². The van der Waals surface area contributed by atoms with Crippen LogP contribution >= 0.6 is 0 Å². The van der Waals surface area contributed by atoms with Gasteiger partial charge in [0.1, 0.15) is 0 Å². The van der Waals surface area contributed by atoms with Gasteiger partial charge in [-0.15, -0.1) is 0 Å². The number of hydrogen-bond donors (Lipinski definition) is 0. The molecule has 0 N–H and O–H groups in total. The van der Waals surface area contributed by atoms with Crippen molar-refractivity contribution in [3.8, 4) is 0 Å². The lowest BCUT2D eigenvalue weighted by Gasteiger charge is -1.99. The molecule has 1 nitrogen and oxygen atoms in total. The van der Waals surface area contributed by atoms with Crippen molar-refractivity contribution in [3.05, 3.63) is 47.8 Å². The minimum Gasteiger partial charge on any atom is -0.257 e. The highest BCUT2D eigenvalue weighted by molar-refractivity contribution is 5.49. The summed E-state index contributed by atoms with van der Waals surface area (Å²) in [4.78, 5) is 4.30. The van der Waals surface area contributed by atoms with Gasteiger partial charge in [0.2, 0.25) is 0 Å². The maximum atomic E-state index is 4.30. The third-order valence-corrected chi connectivity index (χ3v) is 2.10. The number of hydrogen-bond acceptors (Lipinski definition) is 1. The molecular formula is C15H23N. The van der Waals surface area contributed by atoms with Crippen LogP contribution in [0.1, 0.15) is 39.0 Å². The normalized spacial score (nSPS) is 12.6. The Hall–Kier alpha value is -1.37. The molecule has 0 saturated carbocycles. The second-order valence-corrected chi connectivity index (χ2v) is 3.45. The molecule has 0 amide bonds. The van der Waals surface area contributed by atoms with E-state index >= 15 is 0 Å². The van der Waals surface area contributed by atoms with Crippen LogP contribution in [0.4, 0.5) is 0 Å². The van der Waals surface area contributed by atoms with Gasteiger partial charge in [-0.05, 0) is 37.5 Å². The van der Waals surface area contributed by atoms with Crippen molar-refractivity contribution in [2.75, 3.05) is 0 Å². The van der Waals surface area contributed by atoms with Gasteiger partial charge in [0.25, 0.3) is 0 Å². The van der Waals surface area contributed by atoms with Crippen LogP contribution in [-0.4, -0.2) is 4.98 Å². The number of rotatable bonds is 3. The fraction of sp³-hybridized carbons (Fsp3) is 0.400. The Balaban J connectivity index is 0.00000106. The summed E-state index contributed by atoms with van der Waals surface area (Å²) in [5, 5.41) is 0. The molecule has 0 aliphatic rings. The highest BCUT2D eigenvalue weighted by Crippen LogP contribution is 2.08. The van der Waals surface area contributed by atoms with Crippen LogP contribution in [0, 0.1) is 12.8 Å². The molecular weight excluding hydrogens is 194 g/mol. The Kier molecular flexibility index (Phi) is 8.14. The van der Waals surface area contributed by atoms with Gasteiger partial charge in [0.15, 0.2) is 0 Å². The van der Waals surface area contributed by atoms with E-state index in [-0.39, 0.29) is 0 Å². The van der Waals surface area contributed by atoms with E-state index in [0.717, 1.165) is 5.69 Å². The van der Waals surface area contributed by atoms with E-state index < -0.39 is 0 Å². The van der Waals surface area contributed by atoms with Gasteiger partial charge in [-0.25, -0.2) is 0 Å². The van der Waals surface area contributed by atoms with Crippen LogP contribution < -0.4 is 0 Å². The summed E-state index contributed by atoms with van der Waals surface area (Å²) in [5.74, 6) is 0.474. The maximum Gasteiger partial charge on any atom is 0.0655 e. The summed E-state index contributed by atoms with van der Waals surface area (Å²) in [6.07, 6.45) is 10.3. The first-order valence-electron chi connectivity index (χ1n) is 5.96. The topological polar surface area (TPSA) is 12.9 Å². The van der Waals surface area contributed by atoms with Crippen LogP contribution in [0.15, 0.2) is 36.6 Å². The molecule has 1 heterocycles. The third kappa shape index (κ3) is 5.50. The first kappa shape index (κ1) is 14.6. The average Bonchev–Trinajstić information content (AvgIpc) is 2.31. The molecule has 1 unspecified atom stereocenters. The minimum atomic E-state index is 0.474. The average molecular weight is 217 g/mol. The zero-order valence-corrected chi connectivity index (χ0v) is 11.1. The van der Waals surface area contributed by atoms with Crippen molar-refractivity contribution in [1.29, 1.82) is 0 Å². The SMILES string of the molecule is C/C=C\C(C)/C=C\c1ncccc1C.CC. The van der Waals surface area contributed by atoms with Gasteiger partial charge >= 0.3 is 0 Å². The molecule has 1 aromatic heterocycles. The molecule has 0 aliphatic heterocycles. The fourth-order valence-electron chi connectivity index (χ4n) is 1.28. The fourth-order valence-corrected chi connectivity index (χ4v) is 1.28. The second-order valence-electron chi connectivity index (χ2n) is 3.45. The highest BCUT2D eigenvalue weighted by Gasteiger charge is 1.93. The van der Waals surface area contributed by atoms with E-state index in [1.807, 2.05) is 33.0 Å². The van der Waals surface area contributed by atoms with Crippen LogP contribution in [0.25, 0.3) is 6.08 Å². The van der Waals surface area contributed by atoms with Gasteiger partial charge in [-0.2, -0.15) is 0 Å². The quantitative estimate of drug-likeness (QED) is 0.672. The van der Waals surface area contributed by atoms with E-state index in [4.69, 9.17) is 0 Å². The molecule has 0 aromatic carbocycles. The Labute approximate surface area is 99.9 Å². The molecule has 0 bridgehead atoms. The van der Waals surface area contributed by atoms with Gasteiger partial charge in [0, 0.05) is 6.20 Å². The van der Waals surface area contributed by atoms with Gasteiger partial charge in [-0.1, -0.05) is 45.1 Å². The Morgan fingerprint density at radius 1 is 1.25 bits per heavy atom. The molecule has 88 valence electrons. The summed E-state index contributed by atoms with van der Waals surface area (Å²) in [7, 11) is 0. The Morgan fingerprint density at radius 3 is 2.50 bits per heavy atom. The molecule has 0 saturated heterocycles. The van der Waals surface area contributed by atoms with Crippen LogP contribution in [0.5, 0.6) is 0 Å². The minimum absolute atomic E-state index is 0.474. The van der Waals surface area contributed by atoms with Crippen molar-refractivity contribution < 1.29 is 0 Å². The maximum absolute atomic E-state index is 4.30. The van der Waals surface area contributed by atoms with Crippen LogP contribution in [0.3, 0.4) is 0 Å². The van der Waals surface area contributed by atoms with Crippen molar-refractivity contribution in [2.45, 2.75) is 34.6 Å². The zero-order valence-electron chi connectivity index (χ0n) is 11.1.